The largest absolute Gasteiger partial charge is 0.313 e. The van der Waals surface area contributed by atoms with Gasteiger partial charge in [0.2, 0.25) is 0 Å². The Bertz CT molecular complexity index is 369. The minimum Gasteiger partial charge on any atom is -0.313 e. The second-order valence-electron chi connectivity index (χ2n) is 5.85. The molecule has 1 nitrogen and oxygen atoms in total. The standard InChI is InChI=1S/C14H20BrN/c1-8-3-10-6-13(15)9(2)11-5-12(10)14(4-8)16-7-11/h6,8,11-12,14,16H,3-5,7H2,1-2H3/t8-,11?,12-,14+/m1/s1. The van der Waals surface area contributed by atoms with E-state index in [0.717, 1.165) is 23.8 Å². The molecule has 0 aromatic heterocycles. The van der Waals surface area contributed by atoms with E-state index in [1.165, 1.54) is 30.3 Å². The van der Waals surface area contributed by atoms with Crippen molar-refractivity contribution < 1.29 is 0 Å². The van der Waals surface area contributed by atoms with E-state index in [-0.39, 0.29) is 0 Å². The van der Waals surface area contributed by atoms with Crippen molar-refractivity contribution >= 4 is 15.9 Å². The van der Waals surface area contributed by atoms with Gasteiger partial charge in [0.05, 0.1) is 0 Å². The molecule has 3 rings (SSSR count). The molecular formula is C14H20BrN. The van der Waals surface area contributed by atoms with Crippen molar-refractivity contribution in [2.24, 2.45) is 17.8 Å². The fourth-order valence-corrected chi connectivity index (χ4v) is 4.30. The number of nitrogens with one attached hydrogen (secondary N) is 1. The molecule has 2 bridgehead atoms. The molecule has 0 aromatic rings. The number of piperidine rings is 1. The van der Waals surface area contributed by atoms with Gasteiger partial charge in [-0.3, -0.25) is 0 Å². The fourth-order valence-electron chi connectivity index (χ4n) is 3.69. The molecule has 1 N–H and O–H groups in total. The lowest BCUT2D eigenvalue weighted by molar-refractivity contribution is 0.202. The monoisotopic (exact) mass is 281 g/mol. The van der Waals surface area contributed by atoms with Crippen LogP contribution >= 0.6 is 15.9 Å². The lowest BCUT2D eigenvalue weighted by Gasteiger charge is -2.43. The van der Waals surface area contributed by atoms with Crippen molar-refractivity contribution in [2.75, 3.05) is 6.54 Å². The lowest BCUT2D eigenvalue weighted by Crippen LogP contribution is -2.48. The Hall–Kier alpha value is -0.0800. The molecular weight excluding hydrogens is 262 g/mol. The summed E-state index contributed by atoms with van der Waals surface area (Å²) >= 11 is 3.76. The Morgan fingerprint density at radius 1 is 1.38 bits per heavy atom. The highest BCUT2D eigenvalue weighted by molar-refractivity contribution is 9.11. The summed E-state index contributed by atoms with van der Waals surface area (Å²) in [4.78, 5) is 0. The number of allylic oxidation sites excluding steroid dienone is 2. The van der Waals surface area contributed by atoms with E-state index in [1.54, 1.807) is 11.1 Å². The van der Waals surface area contributed by atoms with Crippen LogP contribution in [0.15, 0.2) is 21.7 Å². The van der Waals surface area contributed by atoms with Crippen molar-refractivity contribution in [2.45, 2.75) is 39.2 Å². The summed E-state index contributed by atoms with van der Waals surface area (Å²) in [6, 6.07) is 0.748. The highest BCUT2D eigenvalue weighted by Gasteiger charge is 2.39. The summed E-state index contributed by atoms with van der Waals surface area (Å²) in [5, 5.41) is 3.78. The smallest absolute Gasteiger partial charge is 0.0167 e. The van der Waals surface area contributed by atoms with Gasteiger partial charge >= 0.3 is 0 Å². The van der Waals surface area contributed by atoms with E-state index >= 15 is 0 Å². The lowest BCUT2D eigenvalue weighted by atomic mass is 9.70. The number of rotatable bonds is 0. The summed E-state index contributed by atoms with van der Waals surface area (Å²) < 4.78 is 1.35. The summed E-state index contributed by atoms with van der Waals surface area (Å²) in [6.45, 7) is 5.85. The van der Waals surface area contributed by atoms with E-state index in [4.69, 9.17) is 0 Å². The van der Waals surface area contributed by atoms with Gasteiger partial charge in [0.25, 0.3) is 0 Å². The maximum atomic E-state index is 3.78. The Morgan fingerprint density at radius 3 is 3.00 bits per heavy atom. The van der Waals surface area contributed by atoms with Gasteiger partial charge in [-0.2, -0.15) is 0 Å². The molecule has 0 radical (unpaired) electrons. The van der Waals surface area contributed by atoms with Gasteiger partial charge in [0, 0.05) is 17.1 Å². The first kappa shape index (κ1) is 11.0. The normalized spacial score (nSPS) is 42.8. The van der Waals surface area contributed by atoms with Crippen LogP contribution < -0.4 is 5.32 Å². The topological polar surface area (TPSA) is 12.0 Å². The van der Waals surface area contributed by atoms with Crippen LogP contribution in [-0.2, 0) is 0 Å². The molecule has 3 aliphatic rings. The summed E-state index contributed by atoms with van der Waals surface area (Å²) in [5.41, 5.74) is 3.23. The molecule has 1 unspecified atom stereocenters. The average molecular weight is 282 g/mol. The molecule has 0 aromatic carbocycles. The van der Waals surface area contributed by atoms with Gasteiger partial charge in [-0.05, 0) is 50.0 Å². The molecule has 1 heterocycles. The van der Waals surface area contributed by atoms with E-state index in [0.29, 0.717) is 0 Å². The van der Waals surface area contributed by atoms with Gasteiger partial charge in [-0.25, -0.2) is 0 Å². The van der Waals surface area contributed by atoms with Gasteiger partial charge in [-0.1, -0.05) is 34.0 Å². The number of halogens is 1. The van der Waals surface area contributed by atoms with Crippen molar-refractivity contribution in [3.05, 3.63) is 21.7 Å². The molecule has 1 saturated heterocycles. The maximum Gasteiger partial charge on any atom is 0.0167 e. The molecule has 0 amide bonds. The molecule has 2 aliphatic carbocycles. The van der Waals surface area contributed by atoms with Gasteiger partial charge in [-0.15, -0.1) is 0 Å². The highest BCUT2D eigenvalue weighted by atomic mass is 79.9. The first-order valence-corrected chi connectivity index (χ1v) is 7.24. The van der Waals surface area contributed by atoms with Crippen LogP contribution in [0.25, 0.3) is 0 Å². The van der Waals surface area contributed by atoms with E-state index in [2.05, 4.69) is 41.2 Å². The number of fused-ring (bicyclic) bond motifs is 1. The third-order valence-corrected chi connectivity index (χ3v) is 5.52. The predicted octanol–water partition coefficient (Wildman–Crippen LogP) is 3.62. The zero-order chi connectivity index (χ0) is 11.3. The Kier molecular flexibility index (Phi) is 2.75. The van der Waals surface area contributed by atoms with Crippen molar-refractivity contribution in [1.82, 2.24) is 5.32 Å². The third kappa shape index (κ3) is 1.70. The summed E-state index contributed by atoms with van der Waals surface area (Å²) in [7, 11) is 0. The molecule has 88 valence electrons. The molecule has 1 aliphatic heterocycles. The van der Waals surface area contributed by atoms with Gasteiger partial charge in [0.1, 0.15) is 0 Å². The Balaban J connectivity index is 2.01. The predicted molar refractivity (Wildman–Crippen MR) is 71.5 cm³/mol. The van der Waals surface area contributed by atoms with Crippen LogP contribution in [0.1, 0.15) is 33.1 Å². The van der Waals surface area contributed by atoms with Crippen LogP contribution in [0, 0.1) is 17.8 Å². The first-order valence-electron chi connectivity index (χ1n) is 6.45. The Morgan fingerprint density at radius 2 is 2.19 bits per heavy atom. The van der Waals surface area contributed by atoms with E-state index < -0.39 is 0 Å². The number of hydrogen-bond donors (Lipinski definition) is 1. The minimum atomic E-state index is 0.748. The van der Waals surface area contributed by atoms with E-state index in [9.17, 15) is 0 Å². The van der Waals surface area contributed by atoms with Gasteiger partial charge in [0.15, 0.2) is 0 Å². The van der Waals surface area contributed by atoms with Crippen LogP contribution in [-0.4, -0.2) is 12.6 Å². The van der Waals surface area contributed by atoms with Crippen LogP contribution in [0.5, 0.6) is 0 Å². The van der Waals surface area contributed by atoms with E-state index in [1.807, 2.05) is 0 Å². The molecule has 16 heavy (non-hydrogen) atoms. The zero-order valence-corrected chi connectivity index (χ0v) is 11.7. The summed E-state index contributed by atoms with van der Waals surface area (Å²) in [5.74, 6) is 2.40. The molecule has 4 atom stereocenters. The average Bonchev–Trinajstić information content (AvgIpc) is 2.36. The van der Waals surface area contributed by atoms with Crippen molar-refractivity contribution in [1.29, 1.82) is 0 Å². The minimum absolute atomic E-state index is 0.748. The quantitative estimate of drug-likeness (QED) is 0.715. The Labute approximate surface area is 107 Å². The third-order valence-electron chi connectivity index (χ3n) is 4.67. The molecule has 2 heteroatoms. The zero-order valence-electron chi connectivity index (χ0n) is 10.1. The van der Waals surface area contributed by atoms with Crippen molar-refractivity contribution in [3.8, 4) is 0 Å². The first-order chi connectivity index (χ1) is 7.65. The summed E-state index contributed by atoms with van der Waals surface area (Å²) in [6.07, 6.45) is 6.47. The van der Waals surface area contributed by atoms with Gasteiger partial charge < -0.3 is 5.32 Å². The molecule has 1 saturated carbocycles. The fraction of sp³-hybridized carbons (Fsp3) is 0.714. The van der Waals surface area contributed by atoms with Crippen molar-refractivity contribution in [3.63, 3.8) is 0 Å². The number of hydrogen-bond acceptors (Lipinski definition) is 1. The highest BCUT2D eigenvalue weighted by Crippen LogP contribution is 2.44. The second-order valence-corrected chi connectivity index (χ2v) is 6.70. The molecule has 2 fully saturated rings. The van der Waals surface area contributed by atoms with Crippen LogP contribution in [0.3, 0.4) is 0 Å². The second kappa shape index (κ2) is 3.99. The van der Waals surface area contributed by atoms with Crippen LogP contribution in [0.2, 0.25) is 0 Å². The van der Waals surface area contributed by atoms with Crippen LogP contribution in [0.4, 0.5) is 0 Å². The maximum absolute atomic E-state index is 3.78. The molecule has 0 spiro atoms. The SMILES string of the molecule is CC1=C(Br)C=C2C[C@@H](C)C[C@@H]3NCC1C[C@H]23.